The van der Waals surface area contributed by atoms with E-state index in [9.17, 15) is 0 Å². The molecule has 0 fully saturated rings. The number of aromatic nitrogens is 5. The highest BCUT2D eigenvalue weighted by atomic mass is 32.1. The first-order valence-corrected chi connectivity index (χ1v) is 24.9. The molecule has 71 heavy (non-hydrogen) atoms. The largest absolute Gasteiger partial charge is 0.309 e. The fraction of sp³-hybridized carbons (Fsp3) is 0.0308. The van der Waals surface area contributed by atoms with Gasteiger partial charge in [-0.05, 0) is 108 Å². The number of rotatable bonds is 7. The Morgan fingerprint density at radius 2 is 0.746 bits per heavy atom. The molecular formula is C65H43N5S. The number of nitrogens with zero attached hydrogens (tertiary/aromatic N) is 5. The van der Waals surface area contributed by atoms with Gasteiger partial charge in [-0.25, -0.2) is 15.0 Å². The smallest absolute Gasteiger partial charge is 0.164 e. The van der Waals surface area contributed by atoms with Crippen LogP contribution in [-0.4, -0.2) is 24.1 Å². The molecule has 0 radical (unpaired) electrons. The maximum absolute atomic E-state index is 5.14. The van der Waals surface area contributed by atoms with E-state index in [0.717, 1.165) is 50.2 Å². The van der Waals surface area contributed by atoms with Crippen LogP contribution in [0.15, 0.2) is 224 Å². The van der Waals surface area contributed by atoms with Crippen LogP contribution in [0.4, 0.5) is 0 Å². The summed E-state index contributed by atoms with van der Waals surface area (Å²) < 4.78 is 7.56. The van der Waals surface area contributed by atoms with Gasteiger partial charge in [0.2, 0.25) is 0 Å². The predicted octanol–water partition coefficient (Wildman–Crippen LogP) is 17.4. The minimum atomic E-state index is 0.639. The second kappa shape index (κ2) is 16.3. The Morgan fingerprint density at radius 3 is 1.39 bits per heavy atom. The summed E-state index contributed by atoms with van der Waals surface area (Å²) in [6.07, 6.45) is 0. The summed E-state index contributed by atoms with van der Waals surface area (Å²) in [6, 6.07) is 81.0. The predicted molar refractivity (Wildman–Crippen MR) is 298 cm³/mol. The standard InChI is InChI=1S/C65H43N5S/c1-40-34-48(65-67-63(43-18-8-4-9-19-43)66-64(68-65)44-20-10-5-11-21-44)35-41(2)62(40)70-58-38-47(45-28-33-61-55(36-45)54-23-13-15-25-60(54)71-61)27-31-52(58)53-32-29-49(39-59(53)70)69-56-24-14-12-22-50(56)51-30-26-46(37-57(51)69)42-16-6-3-7-17-42/h3-39H,1-2H3. The van der Waals surface area contributed by atoms with Gasteiger partial charge in [-0.3, -0.25) is 0 Å². The topological polar surface area (TPSA) is 48.5 Å². The number of thiophene rings is 1. The van der Waals surface area contributed by atoms with Crippen LogP contribution in [0, 0.1) is 13.8 Å². The number of para-hydroxylation sites is 1. The van der Waals surface area contributed by atoms with Gasteiger partial charge in [0.05, 0.1) is 27.8 Å². The minimum absolute atomic E-state index is 0.639. The van der Waals surface area contributed by atoms with Gasteiger partial charge in [0, 0.05) is 64.1 Å². The Morgan fingerprint density at radius 1 is 0.296 bits per heavy atom. The van der Waals surface area contributed by atoms with Gasteiger partial charge in [-0.1, -0.05) is 164 Å². The SMILES string of the molecule is Cc1cc(-c2nc(-c3ccccc3)nc(-c3ccccc3)n2)cc(C)c1-n1c2cc(-c3ccc4sc5ccccc5c4c3)ccc2c2ccc(-n3c4ccccc4c4ccc(-c5ccccc5)cc43)cc21. The Labute approximate surface area is 414 Å². The highest BCUT2D eigenvalue weighted by Crippen LogP contribution is 2.42. The third-order valence-electron chi connectivity index (χ3n) is 14.2. The van der Waals surface area contributed by atoms with Crippen LogP contribution < -0.4 is 0 Å². The lowest BCUT2D eigenvalue weighted by molar-refractivity contribution is 1.07. The fourth-order valence-corrected chi connectivity index (χ4v) is 12.0. The van der Waals surface area contributed by atoms with Crippen molar-refractivity contribution in [1.29, 1.82) is 0 Å². The molecule has 0 atom stereocenters. The second-order valence-corrected chi connectivity index (χ2v) is 19.6. The molecule has 14 aromatic rings. The molecule has 0 N–H and O–H groups in total. The van der Waals surface area contributed by atoms with E-state index in [0.29, 0.717) is 17.5 Å². The van der Waals surface area contributed by atoms with E-state index in [1.165, 1.54) is 75.0 Å². The lowest BCUT2D eigenvalue weighted by Crippen LogP contribution is -2.04. The first-order chi connectivity index (χ1) is 35.0. The summed E-state index contributed by atoms with van der Waals surface area (Å²) in [7, 11) is 0. The van der Waals surface area contributed by atoms with E-state index in [-0.39, 0.29) is 0 Å². The summed E-state index contributed by atoms with van der Waals surface area (Å²) in [5.74, 6) is 1.93. The molecule has 0 amide bonds. The van der Waals surface area contributed by atoms with Crippen molar-refractivity contribution in [3.05, 3.63) is 236 Å². The molecule has 0 spiro atoms. The average Bonchev–Trinajstić information content (AvgIpc) is 4.08. The van der Waals surface area contributed by atoms with Gasteiger partial charge in [-0.15, -0.1) is 11.3 Å². The number of hydrogen-bond acceptors (Lipinski definition) is 4. The van der Waals surface area contributed by atoms with Crippen molar-refractivity contribution in [2.75, 3.05) is 0 Å². The molecule has 0 unspecified atom stereocenters. The summed E-state index contributed by atoms with van der Waals surface area (Å²) in [6.45, 7) is 4.45. The van der Waals surface area contributed by atoms with Crippen LogP contribution in [0.1, 0.15) is 11.1 Å². The van der Waals surface area contributed by atoms with Gasteiger partial charge >= 0.3 is 0 Å². The molecule has 4 aromatic heterocycles. The Kier molecular flexibility index (Phi) is 9.44. The summed E-state index contributed by atoms with van der Waals surface area (Å²) in [4.78, 5) is 15.3. The summed E-state index contributed by atoms with van der Waals surface area (Å²) in [5, 5.41) is 7.45. The van der Waals surface area contributed by atoms with Crippen molar-refractivity contribution in [3.8, 4) is 67.8 Å². The van der Waals surface area contributed by atoms with Crippen LogP contribution >= 0.6 is 11.3 Å². The molecule has 0 bridgehead atoms. The van der Waals surface area contributed by atoms with Crippen molar-refractivity contribution >= 4 is 75.1 Å². The Balaban J connectivity index is 1.00. The zero-order valence-electron chi connectivity index (χ0n) is 39.0. The highest BCUT2D eigenvalue weighted by Gasteiger charge is 2.22. The first-order valence-electron chi connectivity index (χ1n) is 24.1. The molecule has 0 aliphatic rings. The van der Waals surface area contributed by atoms with E-state index in [1.54, 1.807) is 0 Å². The molecule has 5 nitrogen and oxygen atoms in total. The van der Waals surface area contributed by atoms with Crippen LogP contribution in [0.25, 0.3) is 132 Å². The summed E-state index contributed by atoms with van der Waals surface area (Å²) in [5.41, 5.74) is 16.7. The number of fused-ring (bicyclic) bond motifs is 9. The van der Waals surface area contributed by atoms with E-state index in [4.69, 9.17) is 15.0 Å². The Bertz CT molecular complexity index is 4330. The van der Waals surface area contributed by atoms with Gasteiger partial charge in [0.15, 0.2) is 17.5 Å². The van der Waals surface area contributed by atoms with Crippen LogP contribution in [-0.2, 0) is 0 Å². The molecule has 0 saturated heterocycles. The van der Waals surface area contributed by atoms with Crippen molar-refractivity contribution in [2.45, 2.75) is 13.8 Å². The fourth-order valence-electron chi connectivity index (χ4n) is 10.9. The lowest BCUT2D eigenvalue weighted by Gasteiger charge is -2.18. The molecule has 10 aromatic carbocycles. The molecule has 334 valence electrons. The molecule has 14 rings (SSSR count). The van der Waals surface area contributed by atoms with Gasteiger partial charge in [0.1, 0.15) is 0 Å². The second-order valence-electron chi connectivity index (χ2n) is 18.5. The number of hydrogen-bond donors (Lipinski definition) is 0. The Hall–Kier alpha value is -8.97. The first kappa shape index (κ1) is 41.0. The quantitative estimate of drug-likeness (QED) is 0.160. The van der Waals surface area contributed by atoms with Gasteiger partial charge in [-0.2, -0.15) is 0 Å². The minimum Gasteiger partial charge on any atom is -0.309 e. The third-order valence-corrected chi connectivity index (χ3v) is 15.3. The van der Waals surface area contributed by atoms with Crippen molar-refractivity contribution < 1.29 is 0 Å². The molecular weight excluding hydrogens is 883 g/mol. The van der Waals surface area contributed by atoms with Crippen molar-refractivity contribution in [2.24, 2.45) is 0 Å². The number of benzene rings is 10. The molecule has 6 heteroatoms. The van der Waals surface area contributed by atoms with Crippen molar-refractivity contribution in [3.63, 3.8) is 0 Å². The van der Waals surface area contributed by atoms with Crippen LogP contribution in [0.3, 0.4) is 0 Å². The molecule has 0 aliphatic carbocycles. The van der Waals surface area contributed by atoms with E-state index in [2.05, 4.69) is 211 Å². The molecule has 4 heterocycles. The van der Waals surface area contributed by atoms with Crippen LogP contribution in [0.5, 0.6) is 0 Å². The maximum Gasteiger partial charge on any atom is 0.164 e. The van der Waals surface area contributed by atoms with E-state index < -0.39 is 0 Å². The molecule has 0 aliphatic heterocycles. The van der Waals surface area contributed by atoms with E-state index in [1.807, 2.05) is 47.7 Å². The number of aryl methyl sites for hydroxylation is 2. The average molecular weight is 926 g/mol. The third kappa shape index (κ3) is 6.79. The normalized spacial score (nSPS) is 11.8. The van der Waals surface area contributed by atoms with Gasteiger partial charge < -0.3 is 9.13 Å². The highest BCUT2D eigenvalue weighted by molar-refractivity contribution is 7.25. The lowest BCUT2D eigenvalue weighted by atomic mass is 10.0. The summed E-state index contributed by atoms with van der Waals surface area (Å²) >= 11 is 1.85. The zero-order chi connectivity index (χ0) is 47.2. The van der Waals surface area contributed by atoms with Crippen molar-refractivity contribution in [1.82, 2.24) is 24.1 Å². The maximum atomic E-state index is 5.14. The van der Waals surface area contributed by atoms with E-state index >= 15 is 0 Å². The zero-order valence-corrected chi connectivity index (χ0v) is 39.8. The van der Waals surface area contributed by atoms with Gasteiger partial charge in [0.25, 0.3) is 0 Å². The van der Waals surface area contributed by atoms with Crippen LogP contribution in [0.2, 0.25) is 0 Å². The molecule has 0 saturated carbocycles. The monoisotopic (exact) mass is 925 g/mol.